The van der Waals surface area contributed by atoms with Gasteiger partial charge in [-0.3, -0.25) is 19.1 Å². The molecular weight excluding hydrogens is 664 g/mol. The van der Waals surface area contributed by atoms with Crippen LogP contribution in [-0.4, -0.2) is 87.7 Å². The SMILES string of the molecule is CC(C)(C)OC(=O)N[C@H]1CCCCCC=C[C@@H]2C[C@@]2(C(=O)NS(=O)(=O)C2(C)CC2)NC(=O)[C@@H]2C[C@@H](Oc3ncnc4c3CCCC4)CN2C1=O. The van der Waals surface area contributed by atoms with Crippen LogP contribution in [0.25, 0.3) is 0 Å². The number of aromatic nitrogens is 2. The molecule has 3 heterocycles. The molecule has 3 aliphatic carbocycles. The van der Waals surface area contributed by atoms with E-state index < -0.39 is 73.8 Å². The second-order valence-electron chi connectivity index (χ2n) is 15.7. The van der Waals surface area contributed by atoms with Gasteiger partial charge in [-0.25, -0.2) is 23.2 Å². The number of sulfonamides is 1. The second-order valence-corrected chi connectivity index (χ2v) is 17.9. The zero-order valence-electron chi connectivity index (χ0n) is 29.5. The van der Waals surface area contributed by atoms with E-state index in [4.69, 9.17) is 9.47 Å². The number of amides is 4. The summed E-state index contributed by atoms with van der Waals surface area (Å²) in [6.45, 7) is 6.84. The second kappa shape index (κ2) is 13.8. The summed E-state index contributed by atoms with van der Waals surface area (Å²) in [6, 6.07) is -2.03. The molecule has 50 heavy (non-hydrogen) atoms. The van der Waals surface area contributed by atoms with Crippen LogP contribution in [0.15, 0.2) is 18.5 Å². The average molecular weight is 715 g/mol. The number of nitrogens with zero attached hydrogens (tertiary/aromatic N) is 3. The van der Waals surface area contributed by atoms with Gasteiger partial charge in [0.15, 0.2) is 0 Å². The Labute approximate surface area is 294 Å². The van der Waals surface area contributed by atoms with Gasteiger partial charge in [-0.05, 0) is 91.9 Å². The van der Waals surface area contributed by atoms with Crippen molar-refractivity contribution in [3.05, 3.63) is 29.7 Å². The number of nitrogens with one attached hydrogen (secondary N) is 3. The predicted octanol–water partition coefficient (Wildman–Crippen LogP) is 2.99. The van der Waals surface area contributed by atoms with Crippen molar-refractivity contribution in [3.8, 4) is 5.88 Å². The highest BCUT2D eigenvalue weighted by molar-refractivity contribution is 7.91. The molecule has 14 nitrogen and oxygen atoms in total. The fourth-order valence-electron chi connectivity index (χ4n) is 7.15. The smallest absolute Gasteiger partial charge is 0.408 e. The van der Waals surface area contributed by atoms with Gasteiger partial charge >= 0.3 is 6.09 Å². The van der Waals surface area contributed by atoms with Crippen LogP contribution in [0.4, 0.5) is 4.79 Å². The highest BCUT2D eigenvalue weighted by Gasteiger charge is 2.63. The minimum Gasteiger partial charge on any atom is -0.472 e. The molecule has 274 valence electrons. The molecule has 0 spiro atoms. The Bertz CT molecular complexity index is 1650. The number of allylic oxidation sites excluding steroid dienone is 1. The number of alkyl carbamates (subject to hydrolysis) is 1. The lowest BCUT2D eigenvalue weighted by Crippen LogP contribution is -2.58. The third-order valence-corrected chi connectivity index (χ3v) is 12.7. The first-order chi connectivity index (χ1) is 23.6. The topological polar surface area (TPSA) is 186 Å². The molecule has 0 unspecified atom stereocenters. The van der Waals surface area contributed by atoms with E-state index in [1.54, 1.807) is 27.7 Å². The summed E-state index contributed by atoms with van der Waals surface area (Å²) in [7, 11) is -3.96. The lowest BCUT2D eigenvalue weighted by Gasteiger charge is -2.30. The molecule has 1 saturated heterocycles. The summed E-state index contributed by atoms with van der Waals surface area (Å²) in [5.74, 6) is -1.82. The van der Waals surface area contributed by atoms with E-state index in [0.29, 0.717) is 38.0 Å². The van der Waals surface area contributed by atoms with Crippen molar-refractivity contribution in [1.82, 2.24) is 30.2 Å². The van der Waals surface area contributed by atoms with Crippen LogP contribution >= 0.6 is 0 Å². The quantitative estimate of drug-likeness (QED) is 0.370. The number of rotatable bonds is 6. The summed E-state index contributed by atoms with van der Waals surface area (Å²) in [5, 5.41) is 5.64. The van der Waals surface area contributed by atoms with Crippen LogP contribution in [0, 0.1) is 5.92 Å². The molecule has 2 aliphatic heterocycles. The van der Waals surface area contributed by atoms with E-state index in [2.05, 4.69) is 25.3 Å². The van der Waals surface area contributed by atoms with Crippen LogP contribution in [-0.2, 0) is 42.0 Å². The van der Waals surface area contributed by atoms with Gasteiger partial charge in [-0.1, -0.05) is 25.0 Å². The van der Waals surface area contributed by atoms with Gasteiger partial charge < -0.3 is 25.0 Å². The predicted molar refractivity (Wildman–Crippen MR) is 182 cm³/mol. The van der Waals surface area contributed by atoms with Crippen molar-refractivity contribution in [2.24, 2.45) is 5.92 Å². The first-order valence-electron chi connectivity index (χ1n) is 18.0. The van der Waals surface area contributed by atoms with Gasteiger partial charge in [0.2, 0.25) is 27.7 Å². The average Bonchev–Trinajstić information content (AvgIpc) is 3.92. The van der Waals surface area contributed by atoms with E-state index in [-0.39, 0.29) is 19.4 Å². The molecule has 3 N–H and O–H groups in total. The molecule has 4 amide bonds. The van der Waals surface area contributed by atoms with Gasteiger partial charge in [-0.2, -0.15) is 0 Å². The van der Waals surface area contributed by atoms with E-state index in [9.17, 15) is 27.6 Å². The molecule has 6 rings (SSSR count). The maximum absolute atomic E-state index is 14.4. The van der Waals surface area contributed by atoms with E-state index in [1.165, 1.54) is 11.2 Å². The number of fused-ring (bicyclic) bond motifs is 3. The standard InChI is InChI=1S/C35H50N6O8S/c1-33(2,3)49-32(45)38-26-15-9-7-5-6-8-12-22-19-35(22,31(44)40-50(46,47)34(4)16-17-34)39-28(42)27-18-23(20-41(27)30(26)43)48-29-24-13-10-11-14-25(24)36-21-37-29/h8,12,21-23,26-27H,5-7,9-11,13-20H2,1-4H3,(H,38,45)(H,39,42)(H,40,44)/t22-,23-,26+,27+,35-/m1/s1. The molecule has 0 aromatic carbocycles. The van der Waals surface area contributed by atoms with Gasteiger partial charge in [0.05, 0.1) is 17.0 Å². The summed E-state index contributed by atoms with van der Waals surface area (Å²) in [5.41, 5.74) is -0.414. The van der Waals surface area contributed by atoms with E-state index in [0.717, 1.165) is 49.8 Å². The van der Waals surface area contributed by atoms with Crippen LogP contribution in [0.3, 0.4) is 0 Å². The van der Waals surface area contributed by atoms with Crippen LogP contribution < -0.4 is 20.1 Å². The maximum Gasteiger partial charge on any atom is 0.408 e. The largest absolute Gasteiger partial charge is 0.472 e. The van der Waals surface area contributed by atoms with Crippen molar-refractivity contribution < 1.29 is 37.1 Å². The Morgan fingerprint density at radius 3 is 2.56 bits per heavy atom. The Balaban J connectivity index is 1.29. The Morgan fingerprint density at radius 2 is 1.82 bits per heavy atom. The van der Waals surface area contributed by atoms with E-state index >= 15 is 0 Å². The Hall–Kier alpha value is -3.75. The zero-order chi connectivity index (χ0) is 35.9. The molecule has 0 radical (unpaired) electrons. The number of hydrogen-bond donors (Lipinski definition) is 3. The summed E-state index contributed by atoms with van der Waals surface area (Å²) in [6.07, 6.45) is 12.0. The maximum atomic E-state index is 14.4. The van der Waals surface area contributed by atoms with Gasteiger partial charge in [0.25, 0.3) is 5.91 Å². The van der Waals surface area contributed by atoms with Gasteiger partial charge in [0.1, 0.15) is 35.7 Å². The molecule has 2 saturated carbocycles. The van der Waals surface area contributed by atoms with Gasteiger partial charge in [-0.15, -0.1) is 0 Å². The Kier molecular flexibility index (Phi) is 9.92. The first kappa shape index (κ1) is 36.1. The van der Waals surface area contributed by atoms with Crippen LogP contribution in [0.1, 0.15) is 110 Å². The summed E-state index contributed by atoms with van der Waals surface area (Å²) < 4.78 is 39.3. The summed E-state index contributed by atoms with van der Waals surface area (Å²) >= 11 is 0. The molecule has 5 aliphatic rings. The van der Waals surface area contributed by atoms with Crippen LogP contribution in [0.2, 0.25) is 0 Å². The Morgan fingerprint density at radius 1 is 1.06 bits per heavy atom. The van der Waals surface area contributed by atoms with E-state index in [1.807, 2.05) is 12.2 Å². The monoisotopic (exact) mass is 714 g/mol. The highest BCUT2D eigenvalue weighted by atomic mass is 32.2. The molecule has 0 bridgehead atoms. The number of aryl methyl sites for hydroxylation is 1. The number of hydrogen-bond acceptors (Lipinski definition) is 10. The lowest BCUT2D eigenvalue weighted by molar-refractivity contribution is -0.141. The third kappa shape index (κ3) is 7.76. The van der Waals surface area contributed by atoms with Crippen LogP contribution in [0.5, 0.6) is 5.88 Å². The lowest BCUT2D eigenvalue weighted by atomic mass is 9.97. The molecular formula is C35H50N6O8S. The number of ether oxygens (including phenoxy) is 2. The molecule has 1 aromatic rings. The van der Waals surface area contributed by atoms with Crippen molar-refractivity contribution in [1.29, 1.82) is 0 Å². The fraction of sp³-hybridized carbons (Fsp3) is 0.714. The molecule has 15 heteroatoms. The number of carbonyl (C=O) groups excluding carboxylic acids is 4. The fourth-order valence-corrected chi connectivity index (χ4v) is 8.46. The van der Waals surface area contributed by atoms with Crippen molar-refractivity contribution >= 4 is 33.8 Å². The normalized spacial score (nSPS) is 29.6. The first-order valence-corrected chi connectivity index (χ1v) is 19.4. The van der Waals surface area contributed by atoms with Crippen molar-refractivity contribution in [2.75, 3.05) is 6.54 Å². The minimum absolute atomic E-state index is 0.0391. The van der Waals surface area contributed by atoms with Crippen molar-refractivity contribution in [2.45, 2.75) is 145 Å². The molecule has 3 fully saturated rings. The minimum atomic E-state index is -3.96. The van der Waals surface area contributed by atoms with Gasteiger partial charge in [0, 0.05) is 17.9 Å². The van der Waals surface area contributed by atoms with Crippen molar-refractivity contribution in [3.63, 3.8) is 0 Å². The molecule has 5 atom stereocenters. The zero-order valence-corrected chi connectivity index (χ0v) is 30.3. The number of carbonyl (C=O) groups is 4. The summed E-state index contributed by atoms with van der Waals surface area (Å²) in [4.78, 5) is 65.6. The molecule has 1 aromatic heterocycles. The third-order valence-electron chi connectivity index (χ3n) is 10.5. The highest BCUT2D eigenvalue weighted by Crippen LogP contribution is 2.47.